The van der Waals surface area contributed by atoms with Gasteiger partial charge in [0.25, 0.3) is 11.8 Å². The fraction of sp³-hybridized carbons (Fsp3) is 0.0476. The Morgan fingerprint density at radius 1 is 0.719 bits per heavy atom. The minimum atomic E-state index is -2.46. The molecule has 0 bridgehead atoms. The molecule has 5 nitrogen and oxygen atoms in total. The van der Waals surface area contributed by atoms with Gasteiger partial charge in [-0.3, -0.25) is 9.59 Å². The third-order valence-electron chi connectivity index (χ3n) is 4.33. The fourth-order valence-corrected chi connectivity index (χ4v) is 2.65. The zero-order chi connectivity index (χ0) is 23.7. The molecule has 0 aromatic heterocycles. The van der Waals surface area contributed by atoms with Crippen LogP contribution in [-0.4, -0.2) is 16.9 Å². The van der Waals surface area contributed by atoms with Gasteiger partial charge in [0, 0.05) is 17.7 Å². The lowest BCUT2D eigenvalue weighted by Gasteiger charge is -2.13. The number of amides is 2. The molecule has 0 radical (unpaired) electrons. The molecule has 0 saturated heterocycles. The van der Waals surface area contributed by atoms with Crippen LogP contribution in [0.25, 0.3) is 0 Å². The highest BCUT2D eigenvalue weighted by Crippen LogP contribution is 2.31. The molecule has 3 rings (SSSR count). The summed E-state index contributed by atoms with van der Waals surface area (Å²) < 4.78 is 81.6. The molecule has 32 heavy (non-hydrogen) atoms. The van der Waals surface area contributed by atoms with Gasteiger partial charge in [0.1, 0.15) is 17.1 Å². The van der Waals surface area contributed by atoms with Crippen molar-refractivity contribution < 1.29 is 41.0 Å². The van der Waals surface area contributed by atoms with Crippen molar-refractivity contribution in [3.63, 3.8) is 0 Å². The average molecular weight is 454 g/mol. The Labute approximate surface area is 176 Å². The monoisotopic (exact) mass is 454 g/mol. The van der Waals surface area contributed by atoms with Crippen LogP contribution in [0.15, 0.2) is 36.4 Å². The Morgan fingerprint density at radius 2 is 1.22 bits per heavy atom. The Kier molecular flexibility index (Phi) is 6.10. The van der Waals surface area contributed by atoms with Gasteiger partial charge in [-0.25, -0.2) is 26.3 Å². The molecule has 3 aromatic rings. The molecular weight excluding hydrogens is 442 g/mol. The highest BCUT2D eigenvalue weighted by atomic mass is 19.2. The number of carbonyl (C=O) groups excluding carboxylic acids is 2. The van der Waals surface area contributed by atoms with Gasteiger partial charge in [0.2, 0.25) is 5.82 Å². The molecule has 166 valence electrons. The number of phenols is 1. The van der Waals surface area contributed by atoms with E-state index >= 15 is 0 Å². The number of hydrogen-bond acceptors (Lipinski definition) is 3. The first kappa shape index (κ1) is 22.7. The molecule has 11 heteroatoms. The number of carbonyl (C=O) groups is 2. The highest BCUT2D eigenvalue weighted by Gasteiger charge is 2.30. The van der Waals surface area contributed by atoms with Crippen molar-refractivity contribution in [1.29, 1.82) is 0 Å². The van der Waals surface area contributed by atoms with E-state index in [4.69, 9.17) is 0 Å². The van der Waals surface area contributed by atoms with Crippen molar-refractivity contribution in [2.75, 3.05) is 10.6 Å². The standard InChI is InChI=1S/C21H12F6N2O3/c1-8-2-4-9(5-3-8)20(31)29-12-6-10(22)11(7-13(12)30)28-21(32)14-15(23)17(25)19(27)18(26)16(14)24/h2-7,30H,1H3,(H,28,32)(H,29,31). The first-order valence-corrected chi connectivity index (χ1v) is 8.74. The van der Waals surface area contributed by atoms with Gasteiger partial charge < -0.3 is 15.7 Å². The van der Waals surface area contributed by atoms with Crippen molar-refractivity contribution in [3.8, 4) is 5.75 Å². The quantitative estimate of drug-likeness (QED) is 0.224. The lowest BCUT2D eigenvalue weighted by molar-refractivity contribution is 0.101. The first-order valence-electron chi connectivity index (χ1n) is 8.74. The molecule has 0 spiro atoms. The third-order valence-corrected chi connectivity index (χ3v) is 4.33. The lowest BCUT2D eigenvalue weighted by atomic mass is 10.1. The second-order valence-electron chi connectivity index (χ2n) is 6.57. The zero-order valence-corrected chi connectivity index (χ0v) is 16.0. The van der Waals surface area contributed by atoms with E-state index in [2.05, 4.69) is 5.32 Å². The average Bonchev–Trinajstić information content (AvgIpc) is 2.75. The van der Waals surface area contributed by atoms with E-state index in [-0.39, 0.29) is 5.56 Å². The smallest absolute Gasteiger partial charge is 0.261 e. The van der Waals surface area contributed by atoms with E-state index in [0.29, 0.717) is 12.1 Å². The number of benzene rings is 3. The molecule has 0 heterocycles. The summed E-state index contributed by atoms with van der Waals surface area (Å²) >= 11 is 0. The number of anilines is 2. The minimum Gasteiger partial charge on any atom is -0.506 e. The number of rotatable bonds is 4. The first-order chi connectivity index (χ1) is 15.0. The number of nitrogens with one attached hydrogen (secondary N) is 2. The summed E-state index contributed by atoms with van der Waals surface area (Å²) in [7, 11) is 0. The molecule has 0 saturated carbocycles. The molecule has 3 N–H and O–H groups in total. The van der Waals surface area contributed by atoms with Crippen molar-refractivity contribution in [3.05, 3.63) is 88.0 Å². The summed E-state index contributed by atoms with van der Waals surface area (Å²) in [5.41, 5.74) is -2.01. The van der Waals surface area contributed by atoms with Crippen molar-refractivity contribution in [2.24, 2.45) is 0 Å². The van der Waals surface area contributed by atoms with Gasteiger partial charge in [-0.1, -0.05) is 17.7 Å². The third kappa shape index (κ3) is 4.22. The molecule has 0 unspecified atom stereocenters. The van der Waals surface area contributed by atoms with Gasteiger partial charge in [0.05, 0.1) is 11.4 Å². The highest BCUT2D eigenvalue weighted by molar-refractivity contribution is 6.06. The summed E-state index contributed by atoms with van der Waals surface area (Å²) in [5, 5.41) is 13.9. The number of phenolic OH excluding ortho intramolecular Hbond substituents is 1. The Bertz CT molecular complexity index is 1220. The Hall–Kier alpha value is -4.02. The van der Waals surface area contributed by atoms with E-state index in [1.54, 1.807) is 24.4 Å². The maximum Gasteiger partial charge on any atom is 0.261 e. The number of aromatic hydroxyl groups is 1. The van der Waals surface area contributed by atoms with E-state index in [9.17, 15) is 41.0 Å². The van der Waals surface area contributed by atoms with Crippen molar-refractivity contribution in [2.45, 2.75) is 6.92 Å². The van der Waals surface area contributed by atoms with Crippen LogP contribution in [-0.2, 0) is 0 Å². The van der Waals surface area contributed by atoms with E-state index in [1.165, 1.54) is 12.1 Å². The number of aryl methyl sites for hydroxylation is 1. The summed E-state index contributed by atoms with van der Waals surface area (Å²) in [6.45, 7) is 1.79. The largest absolute Gasteiger partial charge is 0.506 e. The van der Waals surface area contributed by atoms with Crippen LogP contribution in [0, 0.1) is 41.8 Å². The lowest BCUT2D eigenvalue weighted by Crippen LogP contribution is -2.20. The topological polar surface area (TPSA) is 78.4 Å². The predicted molar refractivity (Wildman–Crippen MR) is 101 cm³/mol. The minimum absolute atomic E-state index is 0.194. The van der Waals surface area contributed by atoms with Gasteiger partial charge >= 0.3 is 0 Å². The number of halogens is 6. The van der Waals surface area contributed by atoms with E-state index in [1.807, 2.05) is 0 Å². The van der Waals surface area contributed by atoms with Crippen LogP contribution in [0.4, 0.5) is 37.7 Å². The second kappa shape index (κ2) is 8.61. The molecular formula is C21H12F6N2O3. The Balaban J connectivity index is 1.87. The van der Waals surface area contributed by atoms with Gasteiger partial charge in [-0.15, -0.1) is 0 Å². The van der Waals surface area contributed by atoms with E-state index in [0.717, 1.165) is 5.56 Å². The van der Waals surface area contributed by atoms with Gasteiger partial charge in [-0.2, -0.15) is 0 Å². The zero-order valence-electron chi connectivity index (χ0n) is 16.0. The van der Waals surface area contributed by atoms with Crippen LogP contribution >= 0.6 is 0 Å². The van der Waals surface area contributed by atoms with Crippen LogP contribution in [0.5, 0.6) is 5.75 Å². The molecule has 0 atom stereocenters. The molecule has 0 fully saturated rings. The van der Waals surface area contributed by atoms with Gasteiger partial charge in [0.15, 0.2) is 23.3 Å². The maximum absolute atomic E-state index is 14.4. The summed E-state index contributed by atoms with van der Waals surface area (Å²) in [6, 6.07) is 7.44. The predicted octanol–water partition coefficient (Wildman–Crippen LogP) is 5.04. The van der Waals surface area contributed by atoms with Crippen molar-refractivity contribution in [1.82, 2.24) is 0 Å². The molecule has 0 aliphatic rings. The van der Waals surface area contributed by atoms with Crippen LogP contribution < -0.4 is 10.6 Å². The number of hydrogen-bond donors (Lipinski definition) is 3. The molecule has 3 aromatic carbocycles. The molecule has 2 amide bonds. The second-order valence-corrected chi connectivity index (χ2v) is 6.57. The molecule has 0 aliphatic heterocycles. The SMILES string of the molecule is Cc1ccc(C(=O)Nc2cc(F)c(NC(=O)c3c(F)c(F)c(F)c(F)c3F)cc2O)cc1. The maximum atomic E-state index is 14.4. The summed E-state index contributed by atoms with van der Waals surface area (Å²) in [5.74, 6) is -16.6. The van der Waals surface area contributed by atoms with E-state index < -0.39 is 69.4 Å². The molecule has 0 aliphatic carbocycles. The van der Waals surface area contributed by atoms with Crippen LogP contribution in [0.1, 0.15) is 26.3 Å². The summed E-state index contributed by atoms with van der Waals surface area (Å²) in [4.78, 5) is 24.2. The van der Waals surface area contributed by atoms with Crippen LogP contribution in [0.3, 0.4) is 0 Å². The van der Waals surface area contributed by atoms with Gasteiger partial charge in [-0.05, 0) is 19.1 Å². The fourth-order valence-electron chi connectivity index (χ4n) is 2.65. The summed E-state index contributed by atoms with van der Waals surface area (Å²) in [6.07, 6.45) is 0. The van der Waals surface area contributed by atoms with Crippen LogP contribution in [0.2, 0.25) is 0 Å². The van der Waals surface area contributed by atoms with Crippen molar-refractivity contribution >= 4 is 23.2 Å². The Morgan fingerprint density at radius 3 is 1.78 bits per heavy atom. The normalized spacial score (nSPS) is 10.7.